The number of amides is 1. The molecule has 0 spiro atoms. The van der Waals surface area contributed by atoms with Crippen LogP contribution in [-0.2, 0) is 4.79 Å². The zero-order valence-electron chi connectivity index (χ0n) is 9.18. The van der Waals surface area contributed by atoms with Crippen molar-refractivity contribution < 1.29 is 4.79 Å². The average molecular weight is 199 g/mol. The Morgan fingerprint density at radius 3 is 3.00 bits per heavy atom. The van der Waals surface area contributed by atoms with E-state index in [1.165, 1.54) is 0 Å². The first-order valence-electron chi connectivity index (χ1n) is 5.40. The van der Waals surface area contributed by atoms with Crippen LogP contribution in [0, 0.1) is 5.92 Å². The molecule has 0 aromatic carbocycles. The van der Waals surface area contributed by atoms with E-state index in [1.807, 2.05) is 18.9 Å². The predicted molar refractivity (Wildman–Crippen MR) is 57.2 cm³/mol. The molecule has 0 bridgehead atoms. The molecule has 14 heavy (non-hydrogen) atoms. The third-order valence-corrected chi connectivity index (χ3v) is 2.58. The molecule has 1 rings (SSSR count). The minimum absolute atomic E-state index is 0.0955. The number of carbonyl (C=O) groups excluding carboxylic acids is 1. The molecule has 1 aliphatic rings. The fourth-order valence-electron chi connectivity index (χ4n) is 1.77. The Kier molecular flexibility index (Phi) is 4.90. The first-order valence-corrected chi connectivity index (χ1v) is 5.40. The van der Waals surface area contributed by atoms with Crippen molar-refractivity contribution in [1.82, 2.24) is 15.5 Å². The van der Waals surface area contributed by atoms with Gasteiger partial charge in [-0.05, 0) is 20.0 Å². The van der Waals surface area contributed by atoms with Gasteiger partial charge < -0.3 is 15.5 Å². The lowest BCUT2D eigenvalue weighted by atomic mass is 10.1. The molecular formula is C10H21N3O. The lowest BCUT2D eigenvalue weighted by molar-refractivity contribution is -0.134. The summed E-state index contributed by atoms with van der Waals surface area (Å²) < 4.78 is 0. The highest BCUT2D eigenvalue weighted by atomic mass is 16.2. The molecule has 2 N–H and O–H groups in total. The predicted octanol–water partition coefficient (Wildman–Crippen LogP) is -0.336. The minimum Gasteiger partial charge on any atom is -0.341 e. The molecule has 0 radical (unpaired) electrons. The van der Waals surface area contributed by atoms with Crippen LogP contribution in [0.3, 0.4) is 0 Å². The van der Waals surface area contributed by atoms with Crippen LogP contribution in [0.2, 0.25) is 0 Å². The summed E-state index contributed by atoms with van der Waals surface area (Å²) in [7, 11) is 1.88. The van der Waals surface area contributed by atoms with Crippen LogP contribution in [0.1, 0.15) is 13.3 Å². The van der Waals surface area contributed by atoms with Crippen molar-refractivity contribution in [3.8, 4) is 0 Å². The first kappa shape index (κ1) is 11.5. The van der Waals surface area contributed by atoms with Crippen LogP contribution in [0.15, 0.2) is 0 Å². The fraction of sp³-hybridized carbons (Fsp3) is 0.900. The summed E-state index contributed by atoms with van der Waals surface area (Å²) >= 11 is 0. The highest BCUT2D eigenvalue weighted by Crippen LogP contribution is 2.03. The number of carbonyl (C=O) groups is 1. The second-order valence-corrected chi connectivity index (χ2v) is 3.89. The van der Waals surface area contributed by atoms with Gasteiger partial charge in [-0.25, -0.2) is 0 Å². The molecule has 1 amide bonds. The summed E-state index contributed by atoms with van der Waals surface area (Å²) in [6.45, 7) is 6.47. The van der Waals surface area contributed by atoms with E-state index in [-0.39, 0.29) is 11.8 Å². The van der Waals surface area contributed by atoms with Gasteiger partial charge in [0.2, 0.25) is 5.91 Å². The maximum atomic E-state index is 11.9. The van der Waals surface area contributed by atoms with Gasteiger partial charge in [0.15, 0.2) is 0 Å². The molecule has 0 aromatic heterocycles. The van der Waals surface area contributed by atoms with Crippen LogP contribution in [0.25, 0.3) is 0 Å². The standard InChI is InChI=1S/C10H21N3O/c1-9(8-11-2)10(14)13-6-3-4-12-5-7-13/h9,11-12H,3-8H2,1-2H3. The van der Waals surface area contributed by atoms with Crippen molar-refractivity contribution in [2.45, 2.75) is 13.3 Å². The van der Waals surface area contributed by atoms with E-state index >= 15 is 0 Å². The third kappa shape index (κ3) is 3.27. The van der Waals surface area contributed by atoms with E-state index in [0.717, 1.165) is 39.1 Å². The first-order chi connectivity index (χ1) is 6.75. The van der Waals surface area contributed by atoms with Gasteiger partial charge in [0, 0.05) is 32.1 Å². The second-order valence-electron chi connectivity index (χ2n) is 3.89. The molecule has 0 aromatic rings. The third-order valence-electron chi connectivity index (χ3n) is 2.58. The Morgan fingerprint density at radius 1 is 1.50 bits per heavy atom. The van der Waals surface area contributed by atoms with E-state index in [9.17, 15) is 4.79 Å². The van der Waals surface area contributed by atoms with E-state index in [4.69, 9.17) is 0 Å². The van der Waals surface area contributed by atoms with Crippen LogP contribution in [0.4, 0.5) is 0 Å². The van der Waals surface area contributed by atoms with E-state index in [2.05, 4.69) is 10.6 Å². The van der Waals surface area contributed by atoms with Crippen molar-refractivity contribution in [1.29, 1.82) is 0 Å². The Balaban J connectivity index is 2.40. The summed E-state index contributed by atoms with van der Waals surface area (Å²) in [5.74, 6) is 0.376. The molecule has 4 nitrogen and oxygen atoms in total. The maximum absolute atomic E-state index is 11.9. The Hall–Kier alpha value is -0.610. The van der Waals surface area contributed by atoms with Gasteiger partial charge in [-0.2, -0.15) is 0 Å². The fourth-order valence-corrected chi connectivity index (χ4v) is 1.77. The molecule has 4 heteroatoms. The number of hydrogen-bond acceptors (Lipinski definition) is 3. The molecule has 1 unspecified atom stereocenters. The normalized spacial score (nSPS) is 20.3. The largest absolute Gasteiger partial charge is 0.341 e. The van der Waals surface area contributed by atoms with Crippen molar-refractivity contribution >= 4 is 5.91 Å². The van der Waals surface area contributed by atoms with Crippen LogP contribution in [-0.4, -0.2) is 50.6 Å². The second kappa shape index (κ2) is 5.98. The highest BCUT2D eigenvalue weighted by molar-refractivity contribution is 5.78. The smallest absolute Gasteiger partial charge is 0.226 e. The zero-order valence-corrected chi connectivity index (χ0v) is 9.18. The van der Waals surface area contributed by atoms with Gasteiger partial charge in [0.25, 0.3) is 0 Å². The summed E-state index contributed by atoms with van der Waals surface area (Å²) in [6, 6.07) is 0. The van der Waals surface area contributed by atoms with E-state index in [0.29, 0.717) is 0 Å². The van der Waals surface area contributed by atoms with Gasteiger partial charge in [-0.1, -0.05) is 6.92 Å². The average Bonchev–Trinajstić information content (AvgIpc) is 2.45. The van der Waals surface area contributed by atoms with Gasteiger partial charge in [-0.3, -0.25) is 4.79 Å². The SMILES string of the molecule is CNCC(C)C(=O)N1CCCNCC1. The Bertz CT molecular complexity index is 176. The Labute approximate surface area is 86.0 Å². The van der Waals surface area contributed by atoms with Gasteiger partial charge in [0.1, 0.15) is 0 Å². The monoisotopic (exact) mass is 199 g/mol. The number of nitrogens with one attached hydrogen (secondary N) is 2. The van der Waals surface area contributed by atoms with Gasteiger partial charge in [-0.15, -0.1) is 0 Å². The summed E-state index contributed by atoms with van der Waals surface area (Å²) in [5, 5.41) is 6.33. The van der Waals surface area contributed by atoms with E-state index in [1.54, 1.807) is 0 Å². The molecule has 1 heterocycles. The van der Waals surface area contributed by atoms with Gasteiger partial charge >= 0.3 is 0 Å². The van der Waals surface area contributed by atoms with Crippen molar-refractivity contribution in [3.63, 3.8) is 0 Å². The van der Waals surface area contributed by atoms with Crippen LogP contribution >= 0.6 is 0 Å². The molecule has 1 fully saturated rings. The quantitative estimate of drug-likeness (QED) is 0.654. The molecule has 1 saturated heterocycles. The Morgan fingerprint density at radius 2 is 2.29 bits per heavy atom. The summed E-state index contributed by atoms with van der Waals surface area (Å²) in [5.41, 5.74) is 0. The highest BCUT2D eigenvalue weighted by Gasteiger charge is 2.20. The van der Waals surface area contributed by atoms with Gasteiger partial charge in [0.05, 0.1) is 0 Å². The van der Waals surface area contributed by atoms with Crippen molar-refractivity contribution in [2.24, 2.45) is 5.92 Å². The van der Waals surface area contributed by atoms with Crippen LogP contribution in [0.5, 0.6) is 0 Å². The molecule has 0 aliphatic carbocycles. The van der Waals surface area contributed by atoms with Crippen LogP contribution < -0.4 is 10.6 Å². The summed E-state index contributed by atoms with van der Waals surface area (Å²) in [4.78, 5) is 13.9. The minimum atomic E-state index is 0.0955. The lowest BCUT2D eigenvalue weighted by Gasteiger charge is -2.23. The molecule has 82 valence electrons. The zero-order chi connectivity index (χ0) is 10.4. The van der Waals surface area contributed by atoms with E-state index < -0.39 is 0 Å². The molecule has 1 atom stereocenters. The summed E-state index contributed by atoms with van der Waals surface area (Å²) in [6.07, 6.45) is 1.07. The molecule has 0 saturated carbocycles. The molecular weight excluding hydrogens is 178 g/mol. The topological polar surface area (TPSA) is 44.4 Å². The number of nitrogens with zero attached hydrogens (tertiary/aromatic N) is 1. The van der Waals surface area contributed by atoms with Crippen molar-refractivity contribution in [2.75, 3.05) is 39.8 Å². The maximum Gasteiger partial charge on any atom is 0.226 e. The lowest BCUT2D eigenvalue weighted by Crippen LogP contribution is -2.40. The number of rotatable bonds is 3. The molecule has 1 aliphatic heterocycles. The number of hydrogen-bond donors (Lipinski definition) is 2. The van der Waals surface area contributed by atoms with Crippen molar-refractivity contribution in [3.05, 3.63) is 0 Å².